The van der Waals surface area contributed by atoms with Crippen molar-refractivity contribution in [1.82, 2.24) is 0 Å². The summed E-state index contributed by atoms with van der Waals surface area (Å²) in [6.45, 7) is 9.87. The maximum atomic E-state index is 13.2. The number of aryl methyl sites for hydroxylation is 1. The zero-order valence-corrected chi connectivity index (χ0v) is 24.7. The first-order valence-corrected chi connectivity index (χ1v) is 16.5. The highest BCUT2D eigenvalue weighted by molar-refractivity contribution is 7.91. The summed E-state index contributed by atoms with van der Waals surface area (Å²) < 4.78 is 23.3. The molecule has 0 bridgehead atoms. The molecule has 6 nitrogen and oxygen atoms in total. The number of hydrogen-bond donors (Lipinski definition) is 1. The van der Waals surface area contributed by atoms with E-state index in [2.05, 4.69) is 34.6 Å². The van der Waals surface area contributed by atoms with Crippen LogP contribution in [-0.2, 0) is 21.8 Å². The SMILES string of the molecule is C=CCCC[S@](N)(=O)=NC(=O)c1ccc2c(c1)N(C[C@@H]1CC[C@H]1CC=C)C[C@@]1(CCCc3cc(Cl)ccc31)CO2. The minimum Gasteiger partial charge on any atom is -0.490 e. The first-order chi connectivity index (χ1) is 19.2. The quantitative estimate of drug-likeness (QED) is 0.259. The van der Waals surface area contributed by atoms with Crippen molar-refractivity contribution in [3.8, 4) is 5.75 Å². The second kappa shape index (κ2) is 12.1. The van der Waals surface area contributed by atoms with Crippen LogP contribution in [0.25, 0.3) is 0 Å². The number of nitrogens with two attached hydrogens (primary N) is 1. The van der Waals surface area contributed by atoms with Crippen LogP contribution >= 0.6 is 11.6 Å². The molecular formula is C32H40ClN3O3S. The Kier molecular flexibility index (Phi) is 8.74. The summed E-state index contributed by atoms with van der Waals surface area (Å²) in [5, 5.41) is 6.69. The summed E-state index contributed by atoms with van der Waals surface area (Å²) in [4.78, 5) is 15.6. The van der Waals surface area contributed by atoms with Crippen molar-refractivity contribution in [1.29, 1.82) is 0 Å². The normalized spacial score (nSPS) is 24.9. The maximum absolute atomic E-state index is 13.2. The topological polar surface area (TPSA) is 85.0 Å². The Morgan fingerprint density at radius 3 is 2.77 bits per heavy atom. The first kappa shape index (κ1) is 28.9. The monoisotopic (exact) mass is 581 g/mol. The van der Waals surface area contributed by atoms with Crippen LogP contribution in [0.1, 0.15) is 66.4 Å². The number of unbranched alkanes of at least 4 members (excludes halogenated alkanes) is 1. The van der Waals surface area contributed by atoms with Crippen LogP contribution in [0, 0.1) is 11.8 Å². The lowest BCUT2D eigenvalue weighted by Gasteiger charge is -2.44. The fourth-order valence-electron chi connectivity index (χ4n) is 6.61. The van der Waals surface area contributed by atoms with Gasteiger partial charge in [0.2, 0.25) is 0 Å². The van der Waals surface area contributed by atoms with Crippen molar-refractivity contribution < 1.29 is 13.7 Å². The van der Waals surface area contributed by atoms with Crippen LogP contribution in [0.2, 0.25) is 5.02 Å². The Bertz CT molecular complexity index is 1420. The third-order valence-electron chi connectivity index (χ3n) is 8.87. The van der Waals surface area contributed by atoms with Crippen molar-refractivity contribution in [3.63, 3.8) is 0 Å². The number of amides is 1. The van der Waals surface area contributed by atoms with Gasteiger partial charge in [-0.1, -0.05) is 29.8 Å². The van der Waals surface area contributed by atoms with Crippen LogP contribution in [0.5, 0.6) is 5.75 Å². The highest BCUT2D eigenvalue weighted by Gasteiger charge is 2.43. The van der Waals surface area contributed by atoms with Gasteiger partial charge in [-0.3, -0.25) is 4.79 Å². The van der Waals surface area contributed by atoms with Gasteiger partial charge in [0.15, 0.2) is 0 Å². The van der Waals surface area contributed by atoms with Gasteiger partial charge in [-0.05, 0) is 105 Å². The van der Waals surface area contributed by atoms with E-state index < -0.39 is 15.8 Å². The molecule has 214 valence electrons. The van der Waals surface area contributed by atoms with E-state index in [0.717, 1.165) is 55.2 Å². The predicted octanol–water partition coefficient (Wildman–Crippen LogP) is 6.86. The van der Waals surface area contributed by atoms with Crippen LogP contribution in [0.15, 0.2) is 66.1 Å². The Hall–Kier alpha value is -2.61. The van der Waals surface area contributed by atoms with E-state index in [1.807, 2.05) is 24.3 Å². The lowest BCUT2D eigenvalue weighted by molar-refractivity contribution is 0.100. The average molecular weight is 582 g/mol. The molecule has 2 N–H and O–H groups in total. The van der Waals surface area contributed by atoms with E-state index in [4.69, 9.17) is 21.5 Å². The number of benzene rings is 2. The number of carbonyl (C=O) groups is 1. The number of ether oxygens (including phenoxy) is 1. The largest absolute Gasteiger partial charge is 0.490 e. The number of rotatable bonds is 9. The van der Waals surface area contributed by atoms with E-state index in [0.29, 0.717) is 36.8 Å². The van der Waals surface area contributed by atoms with E-state index in [9.17, 15) is 9.00 Å². The molecule has 0 saturated heterocycles. The number of fused-ring (bicyclic) bond motifs is 3. The van der Waals surface area contributed by atoms with E-state index in [1.54, 1.807) is 12.1 Å². The van der Waals surface area contributed by atoms with E-state index >= 15 is 0 Å². The molecule has 4 atom stereocenters. The highest BCUT2D eigenvalue weighted by Crippen LogP contribution is 2.46. The molecule has 1 fully saturated rings. The van der Waals surface area contributed by atoms with Crippen LogP contribution < -0.4 is 14.8 Å². The number of nitrogens with zero attached hydrogens (tertiary/aromatic N) is 2. The molecule has 0 aromatic heterocycles. The van der Waals surface area contributed by atoms with Crippen LogP contribution in [-0.4, -0.2) is 35.6 Å². The summed E-state index contributed by atoms with van der Waals surface area (Å²) in [6, 6.07) is 11.7. The minimum atomic E-state index is -3.12. The zero-order valence-electron chi connectivity index (χ0n) is 23.2. The Labute approximate surface area is 243 Å². The second-order valence-electron chi connectivity index (χ2n) is 11.6. The molecule has 2 aromatic carbocycles. The molecule has 1 saturated carbocycles. The first-order valence-electron chi connectivity index (χ1n) is 14.3. The van der Waals surface area contributed by atoms with Gasteiger partial charge in [0.25, 0.3) is 5.91 Å². The van der Waals surface area contributed by atoms with Gasteiger partial charge in [-0.25, -0.2) is 9.35 Å². The number of allylic oxidation sites excluding steroid dienone is 2. The third-order valence-corrected chi connectivity index (χ3v) is 10.4. The molecule has 1 spiro atoms. The van der Waals surface area contributed by atoms with Crippen molar-refractivity contribution >= 4 is 33.1 Å². The van der Waals surface area contributed by atoms with Gasteiger partial charge in [0.05, 0.1) is 12.3 Å². The Balaban J connectivity index is 1.50. The molecule has 0 radical (unpaired) electrons. The molecule has 1 amide bonds. The number of anilines is 1. The summed E-state index contributed by atoms with van der Waals surface area (Å²) >= 11 is 6.38. The zero-order chi connectivity index (χ0) is 28.3. The van der Waals surface area contributed by atoms with Gasteiger partial charge in [-0.15, -0.1) is 17.5 Å². The Morgan fingerprint density at radius 2 is 2.02 bits per heavy atom. The predicted molar refractivity (Wildman–Crippen MR) is 165 cm³/mol. The van der Waals surface area contributed by atoms with Gasteiger partial charge in [-0.2, -0.15) is 0 Å². The minimum absolute atomic E-state index is 0.156. The molecule has 8 heteroatoms. The van der Waals surface area contributed by atoms with E-state index in [-0.39, 0.29) is 11.2 Å². The fraction of sp³-hybridized carbons (Fsp3) is 0.469. The van der Waals surface area contributed by atoms with Gasteiger partial charge in [0, 0.05) is 34.8 Å². The highest BCUT2D eigenvalue weighted by atomic mass is 35.5. The van der Waals surface area contributed by atoms with E-state index in [1.165, 1.54) is 24.0 Å². The summed E-state index contributed by atoms with van der Waals surface area (Å²) in [5.74, 6) is 1.53. The smallest absolute Gasteiger partial charge is 0.286 e. The standard InChI is InChI=1S/C32H40ClN3O3S/c1-3-5-6-17-40(34,38)35-31(37)25-12-15-30-29(19-25)36(20-26-11-10-23(26)8-4-2)21-32(22-39-30)16-7-9-24-18-27(33)13-14-28(24)32/h3-4,12-15,18-19,23,26H,1-2,5-11,16-17,20-22H2,(H2,34,35,37,38)/t23-,26+,32+,40-/m1/s1. The molecule has 1 aliphatic heterocycles. The lowest BCUT2D eigenvalue weighted by atomic mass is 9.69. The molecule has 40 heavy (non-hydrogen) atoms. The molecule has 0 unspecified atom stereocenters. The van der Waals surface area contributed by atoms with Crippen molar-refractivity contribution in [2.75, 3.05) is 30.3 Å². The molecule has 2 aliphatic carbocycles. The fourth-order valence-corrected chi connectivity index (χ4v) is 7.86. The molecular weight excluding hydrogens is 542 g/mol. The lowest BCUT2D eigenvalue weighted by Crippen LogP contribution is -2.48. The van der Waals surface area contributed by atoms with Crippen molar-refractivity contribution in [2.45, 2.75) is 56.8 Å². The second-order valence-corrected chi connectivity index (χ2v) is 14.0. The van der Waals surface area contributed by atoms with Gasteiger partial charge in [0.1, 0.15) is 15.7 Å². The van der Waals surface area contributed by atoms with Gasteiger partial charge < -0.3 is 9.64 Å². The van der Waals surface area contributed by atoms with Crippen LogP contribution in [0.4, 0.5) is 5.69 Å². The number of carbonyl (C=O) groups excluding carboxylic acids is 1. The molecule has 3 aliphatic rings. The van der Waals surface area contributed by atoms with Crippen molar-refractivity contribution in [3.05, 3.63) is 83.4 Å². The molecule has 2 aromatic rings. The average Bonchev–Trinajstić information content (AvgIpc) is 3.06. The number of halogens is 1. The molecule has 5 rings (SSSR count). The summed E-state index contributed by atoms with van der Waals surface area (Å²) in [5.41, 5.74) is 3.69. The van der Waals surface area contributed by atoms with Gasteiger partial charge >= 0.3 is 0 Å². The summed E-state index contributed by atoms with van der Waals surface area (Å²) in [7, 11) is -3.12. The Morgan fingerprint density at radius 1 is 1.20 bits per heavy atom. The number of hydrogen-bond acceptors (Lipinski definition) is 4. The third kappa shape index (κ3) is 6.17. The summed E-state index contributed by atoms with van der Waals surface area (Å²) in [6.07, 6.45) is 11.5. The van der Waals surface area contributed by atoms with Crippen molar-refractivity contribution in [2.24, 2.45) is 21.3 Å². The van der Waals surface area contributed by atoms with Crippen LogP contribution in [0.3, 0.4) is 0 Å². The maximum Gasteiger partial charge on any atom is 0.286 e. The molecule has 1 heterocycles.